The second-order valence-corrected chi connectivity index (χ2v) is 8.78. The number of hydrogen-bond donors (Lipinski definition) is 5. The molecule has 0 fully saturated rings. The molecule has 2 amide bonds. The number of aromatic amines is 1. The Morgan fingerprint density at radius 2 is 1.83 bits per heavy atom. The summed E-state index contributed by atoms with van der Waals surface area (Å²) >= 11 is 3.32. The summed E-state index contributed by atoms with van der Waals surface area (Å²) in [6.45, 7) is 1.44. The molecule has 35 heavy (non-hydrogen) atoms. The molecule has 0 bridgehead atoms. The number of para-hydroxylation sites is 1. The molecule has 0 aliphatic heterocycles. The van der Waals surface area contributed by atoms with Crippen LogP contribution in [0.5, 0.6) is 0 Å². The number of halogens is 1. The molecule has 0 aliphatic carbocycles. The van der Waals surface area contributed by atoms with Crippen LogP contribution < -0.4 is 16.4 Å². The van der Waals surface area contributed by atoms with Crippen molar-refractivity contribution in [1.29, 1.82) is 0 Å². The van der Waals surface area contributed by atoms with Crippen LogP contribution in [0.1, 0.15) is 34.1 Å². The fourth-order valence-corrected chi connectivity index (χ4v) is 3.63. The number of nitrogens with one attached hydrogen (secondary N) is 3. The largest absolute Gasteiger partial charge is 0.480 e. The van der Waals surface area contributed by atoms with E-state index in [1.54, 1.807) is 42.5 Å². The van der Waals surface area contributed by atoms with Crippen LogP contribution >= 0.6 is 15.9 Å². The van der Waals surface area contributed by atoms with Crippen LogP contribution in [0.4, 0.5) is 5.69 Å². The van der Waals surface area contributed by atoms with Gasteiger partial charge >= 0.3 is 5.97 Å². The summed E-state index contributed by atoms with van der Waals surface area (Å²) in [4.78, 5) is 56.0. The summed E-state index contributed by atoms with van der Waals surface area (Å²) < 4.78 is 0.835. The Bertz CT molecular complexity index is 1230. The highest BCUT2D eigenvalue weighted by atomic mass is 79.9. The van der Waals surface area contributed by atoms with Crippen molar-refractivity contribution in [2.45, 2.75) is 31.8 Å². The molecule has 1 heterocycles. The van der Waals surface area contributed by atoms with Gasteiger partial charge in [-0.15, -0.1) is 0 Å². The van der Waals surface area contributed by atoms with E-state index in [0.717, 1.165) is 4.47 Å². The van der Waals surface area contributed by atoms with E-state index in [4.69, 9.17) is 5.73 Å². The van der Waals surface area contributed by atoms with Gasteiger partial charge in [0.1, 0.15) is 12.1 Å². The Morgan fingerprint density at radius 1 is 1.11 bits per heavy atom. The molecular weight excluding hydrogens is 518 g/mol. The molecule has 0 saturated carbocycles. The van der Waals surface area contributed by atoms with Gasteiger partial charge in [-0.2, -0.15) is 0 Å². The monoisotopic (exact) mass is 541 g/mol. The van der Waals surface area contributed by atoms with E-state index in [9.17, 15) is 24.3 Å². The number of anilines is 1. The zero-order valence-corrected chi connectivity index (χ0v) is 20.3. The average Bonchev–Trinajstić information content (AvgIpc) is 3.33. The Morgan fingerprint density at radius 3 is 2.46 bits per heavy atom. The summed E-state index contributed by atoms with van der Waals surface area (Å²) in [5.74, 6) is -2.65. The lowest BCUT2D eigenvalue weighted by Crippen LogP contribution is -2.51. The summed E-state index contributed by atoms with van der Waals surface area (Å²) in [5, 5.41) is 14.3. The number of hydrogen-bond acceptors (Lipinski definition) is 6. The van der Waals surface area contributed by atoms with Gasteiger partial charge in [0.05, 0.1) is 12.7 Å². The number of nitrogens with two attached hydrogens (primary N) is 1. The number of imidazole rings is 1. The van der Waals surface area contributed by atoms with Gasteiger partial charge in [0.25, 0.3) is 0 Å². The third-order valence-electron chi connectivity index (χ3n) is 5.26. The summed E-state index contributed by atoms with van der Waals surface area (Å²) in [7, 11) is 0. The van der Waals surface area contributed by atoms with Gasteiger partial charge in [0, 0.05) is 39.6 Å². The highest BCUT2D eigenvalue weighted by Crippen LogP contribution is 2.22. The first kappa shape index (κ1) is 25.6. The quantitative estimate of drug-likeness (QED) is 0.193. The van der Waals surface area contributed by atoms with Gasteiger partial charge < -0.3 is 26.5 Å². The highest BCUT2D eigenvalue weighted by molar-refractivity contribution is 9.10. The summed E-state index contributed by atoms with van der Waals surface area (Å²) in [5.41, 5.74) is 8.07. The molecule has 0 radical (unpaired) electrons. The van der Waals surface area contributed by atoms with E-state index in [1.165, 1.54) is 19.4 Å². The third-order valence-corrected chi connectivity index (χ3v) is 5.79. The van der Waals surface area contributed by atoms with E-state index in [2.05, 4.69) is 36.5 Å². The molecule has 11 heteroatoms. The minimum atomic E-state index is -1.22. The maximum atomic E-state index is 12.9. The lowest BCUT2D eigenvalue weighted by Gasteiger charge is -2.18. The van der Waals surface area contributed by atoms with Crippen molar-refractivity contribution in [3.63, 3.8) is 0 Å². The second-order valence-electron chi connectivity index (χ2n) is 7.86. The van der Waals surface area contributed by atoms with Crippen molar-refractivity contribution in [1.82, 2.24) is 20.6 Å². The fourth-order valence-electron chi connectivity index (χ4n) is 3.37. The van der Waals surface area contributed by atoms with Crippen LogP contribution in [0.25, 0.3) is 0 Å². The first-order chi connectivity index (χ1) is 16.7. The van der Waals surface area contributed by atoms with E-state index in [-0.39, 0.29) is 29.9 Å². The predicted octanol–water partition coefficient (Wildman–Crippen LogP) is 1.84. The van der Waals surface area contributed by atoms with E-state index < -0.39 is 29.9 Å². The number of rotatable bonds is 10. The van der Waals surface area contributed by atoms with Gasteiger partial charge in [-0.05, 0) is 42.8 Å². The number of aliphatic carboxylic acids is 1. The lowest BCUT2D eigenvalue weighted by atomic mass is 9.97. The summed E-state index contributed by atoms with van der Waals surface area (Å²) in [6, 6.07) is 9.48. The number of amides is 2. The van der Waals surface area contributed by atoms with Crippen molar-refractivity contribution >= 4 is 45.2 Å². The van der Waals surface area contributed by atoms with Crippen molar-refractivity contribution in [3.8, 4) is 0 Å². The van der Waals surface area contributed by atoms with Crippen molar-refractivity contribution in [3.05, 3.63) is 81.8 Å². The van der Waals surface area contributed by atoms with Crippen LogP contribution in [0.2, 0.25) is 0 Å². The number of carboxylic acid groups (broad SMARTS) is 1. The molecule has 0 saturated heterocycles. The molecule has 3 rings (SSSR count). The van der Waals surface area contributed by atoms with Gasteiger partial charge in [0.15, 0.2) is 5.78 Å². The molecule has 2 aromatic carbocycles. The maximum absolute atomic E-state index is 12.9. The lowest BCUT2D eigenvalue weighted by molar-refractivity contribution is -0.142. The number of nitrogen functional groups attached to an aromatic ring is 1. The maximum Gasteiger partial charge on any atom is 0.326 e. The number of aromatic nitrogens is 2. The van der Waals surface area contributed by atoms with E-state index in [1.807, 2.05) is 0 Å². The topological polar surface area (TPSA) is 167 Å². The standard InChI is InChI=1S/C24H24BrN5O5/c1-13(23(33)30-19(24(34)35)10-17-11-27-12-28-17)29-20(31)9-15-3-2-4-18(21(15)26)22(32)14-5-7-16(25)8-6-14/h2-8,11-13,19H,9-10,26H2,1H3,(H,27,28)(H,29,31)(H,30,33)(H,34,35)/t13-,19-/m0/s1. The molecule has 182 valence electrons. The number of benzene rings is 2. The number of H-pyrrole nitrogens is 1. The number of nitrogens with zero attached hydrogens (tertiary/aromatic N) is 1. The van der Waals surface area contributed by atoms with E-state index >= 15 is 0 Å². The van der Waals surface area contributed by atoms with Crippen LogP contribution in [0, 0.1) is 0 Å². The second kappa shape index (κ2) is 11.4. The fraction of sp³-hybridized carbons (Fsp3) is 0.208. The number of carbonyl (C=O) groups excluding carboxylic acids is 3. The molecule has 3 aromatic rings. The molecule has 2 atom stereocenters. The average molecular weight is 542 g/mol. The first-order valence-corrected chi connectivity index (χ1v) is 11.4. The minimum Gasteiger partial charge on any atom is -0.480 e. The zero-order valence-electron chi connectivity index (χ0n) is 18.7. The Balaban J connectivity index is 1.62. The molecule has 10 nitrogen and oxygen atoms in total. The predicted molar refractivity (Wildman–Crippen MR) is 132 cm³/mol. The SMILES string of the molecule is C[C@H](NC(=O)Cc1cccc(C(=O)c2ccc(Br)cc2)c1N)C(=O)N[C@@H](Cc1cnc[nH]1)C(=O)O. The molecule has 6 N–H and O–H groups in total. The van der Waals surface area contributed by atoms with Crippen molar-refractivity contribution < 1.29 is 24.3 Å². The third kappa shape index (κ3) is 6.76. The number of ketones is 1. The van der Waals surface area contributed by atoms with E-state index in [0.29, 0.717) is 16.8 Å². The first-order valence-electron chi connectivity index (χ1n) is 10.6. The smallest absolute Gasteiger partial charge is 0.326 e. The Hall–Kier alpha value is -3.99. The molecule has 1 aromatic heterocycles. The normalized spacial score (nSPS) is 12.4. The van der Waals surface area contributed by atoms with Gasteiger partial charge in [-0.3, -0.25) is 14.4 Å². The van der Waals surface area contributed by atoms with Gasteiger partial charge in [0.2, 0.25) is 11.8 Å². The number of carbonyl (C=O) groups is 4. The Kier molecular flexibility index (Phi) is 8.37. The van der Waals surface area contributed by atoms with Crippen molar-refractivity contribution in [2.75, 3.05) is 5.73 Å². The zero-order chi connectivity index (χ0) is 25.5. The van der Waals surface area contributed by atoms with Crippen molar-refractivity contribution in [2.24, 2.45) is 0 Å². The molecular formula is C24H24BrN5O5. The van der Waals surface area contributed by atoms with Crippen LogP contribution in [0.15, 0.2) is 59.5 Å². The Labute approximate surface area is 209 Å². The number of carboxylic acids is 1. The summed E-state index contributed by atoms with van der Waals surface area (Å²) in [6.07, 6.45) is 2.72. The van der Waals surface area contributed by atoms with Gasteiger partial charge in [-0.25, -0.2) is 9.78 Å². The van der Waals surface area contributed by atoms with Crippen LogP contribution in [0.3, 0.4) is 0 Å². The van der Waals surface area contributed by atoms with Gasteiger partial charge in [-0.1, -0.05) is 28.1 Å². The van der Waals surface area contributed by atoms with Crippen LogP contribution in [-0.2, 0) is 27.2 Å². The van der Waals surface area contributed by atoms with Crippen LogP contribution in [-0.4, -0.2) is 50.7 Å². The highest BCUT2D eigenvalue weighted by Gasteiger charge is 2.25. The molecule has 0 aliphatic rings. The molecule has 0 spiro atoms. The molecule has 0 unspecified atom stereocenters. The minimum absolute atomic E-state index is 0.0114.